The molecule has 5 rings (SSSR count). The number of rotatable bonds is 4. The Balaban J connectivity index is 1.39. The minimum absolute atomic E-state index is 0.114. The van der Waals surface area contributed by atoms with E-state index in [0.717, 1.165) is 70.0 Å². The molecule has 1 heterocycles. The van der Waals surface area contributed by atoms with Crippen molar-refractivity contribution >= 4 is 0 Å². The topological polar surface area (TPSA) is 82.1 Å². The first-order valence-corrected chi connectivity index (χ1v) is 12.6. The van der Waals surface area contributed by atoms with Gasteiger partial charge in [-0.05, 0) is 87.4 Å². The highest BCUT2D eigenvalue weighted by molar-refractivity contribution is 5.24. The summed E-state index contributed by atoms with van der Waals surface area (Å²) < 4.78 is 2.12. The minimum Gasteiger partial charge on any atom is -0.393 e. The van der Waals surface area contributed by atoms with Crippen LogP contribution in [0.25, 0.3) is 0 Å². The van der Waals surface area contributed by atoms with Crippen LogP contribution < -0.4 is 0 Å². The van der Waals surface area contributed by atoms with Crippen LogP contribution in [0.15, 0.2) is 12.5 Å². The average molecular weight is 426 g/mol. The lowest BCUT2D eigenvalue weighted by Gasteiger charge is -2.63. The van der Waals surface area contributed by atoms with Gasteiger partial charge in [0.2, 0.25) is 0 Å². The lowest BCUT2D eigenvalue weighted by atomic mass is 9.43. The second kappa shape index (κ2) is 7.59. The molecule has 2 N–H and O–H groups in total. The third-order valence-corrected chi connectivity index (χ3v) is 10.5. The highest BCUT2D eigenvalue weighted by Crippen LogP contribution is 2.70. The number of nitrogens with zero attached hydrogens (tertiary/aromatic N) is 3. The zero-order valence-corrected chi connectivity index (χ0v) is 19.3. The lowest BCUT2D eigenvalue weighted by Crippen LogP contribution is -2.62. The molecule has 31 heavy (non-hydrogen) atoms. The highest BCUT2D eigenvalue weighted by Gasteiger charge is 2.67. The van der Waals surface area contributed by atoms with Crippen LogP contribution in [-0.2, 0) is 6.54 Å². The van der Waals surface area contributed by atoms with Crippen molar-refractivity contribution in [3.8, 4) is 6.07 Å². The molecular formula is C26H39N3O2. The number of aliphatic hydroxyl groups is 2. The summed E-state index contributed by atoms with van der Waals surface area (Å²) >= 11 is 0. The van der Waals surface area contributed by atoms with E-state index in [2.05, 4.69) is 30.7 Å². The quantitative estimate of drug-likeness (QED) is 0.680. The summed E-state index contributed by atoms with van der Waals surface area (Å²) in [7, 11) is 0. The average Bonchev–Trinajstić information content (AvgIpc) is 3.30. The van der Waals surface area contributed by atoms with E-state index in [1.54, 1.807) is 0 Å². The van der Waals surface area contributed by atoms with Crippen molar-refractivity contribution < 1.29 is 10.2 Å². The van der Waals surface area contributed by atoms with Gasteiger partial charge in [-0.1, -0.05) is 13.8 Å². The first kappa shape index (κ1) is 21.5. The Morgan fingerprint density at radius 3 is 2.77 bits per heavy atom. The van der Waals surface area contributed by atoms with Gasteiger partial charge < -0.3 is 14.8 Å². The molecule has 8 atom stereocenters. The molecule has 170 valence electrons. The zero-order chi connectivity index (χ0) is 21.9. The van der Waals surface area contributed by atoms with Gasteiger partial charge in [-0.3, -0.25) is 0 Å². The van der Waals surface area contributed by atoms with Crippen LogP contribution in [0.1, 0.15) is 96.1 Å². The summed E-state index contributed by atoms with van der Waals surface area (Å²) in [4.78, 5) is 4.78. The molecule has 0 saturated heterocycles. The number of hydrogen-bond acceptors (Lipinski definition) is 4. The minimum atomic E-state index is -0.602. The Morgan fingerprint density at radius 2 is 1.97 bits per heavy atom. The molecule has 0 radical (unpaired) electrons. The summed E-state index contributed by atoms with van der Waals surface area (Å²) in [6, 6.07) is 2.22. The Morgan fingerprint density at radius 1 is 1.13 bits per heavy atom. The second-order valence-electron chi connectivity index (χ2n) is 11.7. The molecule has 4 fully saturated rings. The molecule has 0 aliphatic heterocycles. The highest BCUT2D eigenvalue weighted by atomic mass is 16.3. The number of hydrogen-bond donors (Lipinski definition) is 2. The Kier molecular flexibility index (Phi) is 5.26. The van der Waals surface area contributed by atoms with Gasteiger partial charge in [0.1, 0.15) is 0 Å². The van der Waals surface area contributed by atoms with E-state index in [0.29, 0.717) is 30.1 Å². The van der Waals surface area contributed by atoms with Crippen molar-refractivity contribution in [1.29, 1.82) is 5.26 Å². The number of nitriles is 1. The normalized spacial score (nSPS) is 46.6. The third-order valence-electron chi connectivity index (χ3n) is 10.5. The summed E-state index contributed by atoms with van der Waals surface area (Å²) in [5, 5.41) is 31.4. The lowest BCUT2D eigenvalue weighted by molar-refractivity contribution is -0.205. The summed E-state index contributed by atoms with van der Waals surface area (Å²) in [6.07, 6.45) is 14.9. The van der Waals surface area contributed by atoms with Crippen molar-refractivity contribution in [2.75, 3.05) is 0 Å². The van der Waals surface area contributed by atoms with E-state index in [9.17, 15) is 10.2 Å². The molecule has 4 aliphatic rings. The number of imidazole rings is 1. The maximum absolute atomic E-state index is 12.3. The number of fused-ring (bicyclic) bond motifs is 5. The van der Waals surface area contributed by atoms with Crippen LogP contribution in [0, 0.1) is 39.9 Å². The number of unbranched alkanes of at least 4 members (excludes halogenated alkanes) is 1. The van der Waals surface area contributed by atoms with Crippen LogP contribution >= 0.6 is 0 Å². The van der Waals surface area contributed by atoms with E-state index in [4.69, 9.17) is 10.2 Å². The van der Waals surface area contributed by atoms with Gasteiger partial charge in [0.25, 0.3) is 0 Å². The fourth-order valence-electron chi connectivity index (χ4n) is 8.70. The Hall–Kier alpha value is -1.38. The molecule has 1 aromatic rings. The predicted octanol–water partition coefficient (Wildman–Crippen LogP) is 4.79. The fourth-order valence-corrected chi connectivity index (χ4v) is 8.70. The second-order valence-corrected chi connectivity index (χ2v) is 11.7. The smallest absolute Gasteiger partial charge is 0.0949 e. The number of aromatic nitrogens is 2. The molecule has 5 heteroatoms. The van der Waals surface area contributed by atoms with Crippen molar-refractivity contribution in [2.24, 2.45) is 28.6 Å². The third kappa shape index (κ3) is 3.12. The maximum Gasteiger partial charge on any atom is 0.0949 e. The van der Waals surface area contributed by atoms with Crippen LogP contribution in [0.2, 0.25) is 0 Å². The van der Waals surface area contributed by atoms with E-state index < -0.39 is 5.60 Å². The van der Waals surface area contributed by atoms with Crippen molar-refractivity contribution in [2.45, 2.75) is 109 Å². The van der Waals surface area contributed by atoms with Crippen molar-refractivity contribution in [1.82, 2.24) is 9.55 Å². The van der Waals surface area contributed by atoms with E-state index in [-0.39, 0.29) is 16.9 Å². The largest absolute Gasteiger partial charge is 0.393 e. The first-order chi connectivity index (χ1) is 14.8. The molecule has 1 aromatic heterocycles. The molecule has 2 unspecified atom stereocenters. The zero-order valence-electron chi connectivity index (χ0n) is 19.3. The molecule has 0 amide bonds. The van der Waals surface area contributed by atoms with E-state index in [1.807, 2.05) is 6.33 Å². The standard InChI is InChI=1S/C26H39N3O2/c1-24-10-7-19(30)15-18(24)5-6-21-20(24)8-11-25(2)22(9-12-26(21,25)31)23-16-29(17-28-23)14-4-3-13-27/h16-22,30-31H,3-12,14-15H2,1-2H3/t18-,19+,20?,21?,22-,24+,25-,26+/m1/s1. The van der Waals surface area contributed by atoms with E-state index in [1.165, 1.54) is 6.42 Å². The first-order valence-electron chi connectivity index (χ1n) is 12.6. The molecule has 0 aromatic carbocycles. The Bertz CT molecular complexity index is 861. The fraction of sp³-hybridized carbons (Fsp3) is 0.846. The number of aliphatic hydroxyl groups excluding tert-OH is 1. The number of aryl methyl sites for hydroxylation is 1. The van der Waals surface area contributed by atoms with Crippen LogP contribution in [-0.4, -0.2) is 31.5 Å². The van der Waals surface area contributed by atoms with Gasteiger partial charge >= 0.3 is 0 Å². The Labute approximate surface area is 186 Å². The van der Waals surface area contributed by atoms with Crippen LogP contribution in [0.5, 0.6) is 0 Å². The van der Waals surface area contributed by atoms with Gasteiger partial charge in [-0.2, -0.15) is 5.26 Å². The van der Waals surface area contributed by atoms with Gasteiger partial charge in [-0.25, -0.2) is 4.98 Å². The summed E-state index contributed by atoms with van der Waals surface area (Å²) in [5.41, 5.74) is 0.696. The monoisotopic (exact) mass is 425 g/mol. The molecular weight excluding hydrogens is 386 g/mol. The van der Waals surface area contributed by atoms with Crippen LogP contribution in [0.3, 0.4) is 0 Å². The van der Waals surface area contributed by atoms with Crippen molar-refractivity contribution in [3.63, 3.8) is 0 Å². The van der Waals surface area contributed by atoms with E-state index >= 15 is 0 Å². The predicted molar refractivity (Wildman–Crippen MR) is 119 cm³/mol. The van der Waals surface area contributed by atoms with Gasteiger partial charge in [-0.15, -0.1) is 0 Å². The summed E-state index contributed by atoms with van der Waals surface area (Å²) in [5.74, 6) is 1.89. The molecule has 4 aliphatic carbocycles. The van der Waals surface area contributed by atoms with Crippen molar-refractivity contribution in [3.05, 3.63) is 18.2 Å². The maximum atomic E-state index is 12.3. The molecule has 0 spiro atoms. The van der Waals surface area contributed by atoms with Gasteiger partial charge in [0.15, 0.2) is 0 Å². The van der Waals surface area contributed by atoms with Gasteiger partial charge in [0, 0.05) is 30.5 Å². The SMILES string of the molecule is C[C@]12CC[C@H](O)C[C@H]1CCC1C2CC[C@]2(C)[C@@H](c3cn(CCCC#N)cn3)CC[C@]12O. The van der Waals surface area contributed by atoms with Crippen LogP contribution in [0.4, 0.5) is 0 Å². The molecule has 4 saturated carbocycles. The summed E-state index contributed by atoms with van der Waals surface area (Å²) in [6.45, 7) is 5.65. The van der Waals surface area contributed by atoms with Gasteiger partial charge in [0.05, 0.1) is 29.8 Å². The molecule has 0 bridgehead atoms. The molecule has 5 nitrogen and oxygen atoms in total.